The van der Waals surface area contributed by atoms with Crippen molar-refractivity contribution >= 4 is 16.7 Å². The third-order valence-electron chi connectivity index (χ3n) is 4.06. The summed E-state index contributed by atoms with van der Waals surface area (Å²) in [5, 5.41) is 1.83. The molecule has 128 valence electrons. The molecule has 4 heteroatoms. The predicted octanol–water partition coefficient (Wildman–Crippen LogP) is 4.13. The first kappa shape index (κ1) is 16.8. The van der Waals surface area contributed by atoms with Gasteiger partial charge in [-0.1, -0.05) is 36.4 Å². The van der Waals surface area contributed by atoms with Crippen molar-refractivity contribution in [3.8, 4) is 11.5 Å². The average molecular weight is 335 g/mol. The van der Waals surface area contributed by atoms with Crippen LogP contribution < -0.4 is 9.47 Å². The minimum atomic E-state index is -0.0360. The highest BCUT2D eigenvalue weighted by molar-refractivity contribution is 6.09. The second-order valence-corrected chi connectivity index (χ2v) is 6.00. The molecule has 4 nitrogen and oxygen atoms in total. The van der Waals surface area contributed by atoms with E-state index < -0.39 is 0 Å². The van der Waals surface area contributed by atoms with Crippen LogP contribution >= 0.6 is 0 Å². The summed E-state index contributed by atoms with van der Waals surface area (Å²) in [6.45, 7) is 0.424. The molecule has 0 aliphatic carbocycles. The summed E-state index contributed by atoms with van der Waals surface area (Å²) in [5.74, 6) is 1.48. The van der Waals surface area contributed by atoms with Gasteiger partial charge in [0.15, 0.2) is 0 Å². The molecular weight excluding hydrogens is 314 g/mol. The van der Waals surface area contributed by atoms with E-state index in [1.54, 1.807) is 26.1 Å². The Morgan fingerprint density at radius 3 is 2.28 bits per heavy atom. The fourth-order valence-electron chi connectivity index (χ4n) is 2.73. The van der Waals surface area contributed by atoms with Crippen molar-refractivity contribution in [2.45, 2.75) is 6.61 Å². The lowest BCUT2D eigenvalue weighted by Crippen LogP contribution is -2.22. The van der Waals surface area contributed by atoms with Crippen LogP contribution in [-0.2, 0) is 6.61 Å². The highest BCUT2D eigenvalue weighted by Crippen LogP contribution is 2.30. The summed E-state index contributed by atoms with van der Waals surface area (Å²) in [6.07, 6.45) is 0. The molecule has 0 aliphatic rings. The van der Waals surface area contributed by atoms with Gasteiger partial charge in [0.05, 0.1) is 12.7 Å². The summed E-state index contributed by atoms with van der Waals surface area (Å²) in [7, 11) is 5.15. The maximum absolute atomic E-state index is 12.5. The normalized spacial score (nSPS) is 10.5. The Labute approximate surface area is 147 Å². The molecule has 1 amide bonds. The molecule has 0 aromatic heterocycles. The van der Waals surface area contributed by atoms with Crippen molar-refractivity contribution < 1.29 is 14.3 Å². The van der Waals surface area contributed by atoms with Crippen molar-refractivity contribution in [3.63, 3.8) is 0 Å². The van der Waals surface area contributed by atoms with Crippen LogP contribution in [-0.4, -0.2) is 32.0 Å². The molecule has 3 aromatic carbocycles. The SMILES string of the molecule is COc1ccc(COc2cccc3cccc(C(=O)N(C)C)c23)cc1. The molecule has 3 rings (SSSR count). The monoisotopic (exact) mass is 335 g/mol. The second-order valence-electron chi connectivity index (χ2n) is 6.00. The minimum Gasteiger partial charge on any atom is -0.497 e. The van der Waals surface area contributed by atoms with Gasteiger partial charge >= 0.3 is 0 Å². The Morgan fingerprint density at radius 2 is 1.64 bits per heavy atom. The Bertz CT molecular complexity index is 880. The van der Waals surface area contributed by atoms with Crippen molar-refractivity contribution in [2.75, 3.05) is 21.2 Å². The van der Waals surface area contributed by atoms with Crippen molar-refractivity contribution in [1.29, 1.82) is 0 Å². The molecule has 0 bridgehead atoms. The van der Waals surface area contributed by atoms with E-state index in [-0.39, 0.29) is 5.91 Å². The molecule has 0 N–H and O–H groups in total. The number of benzene rings is 3. The molecule has 0 atom stereocenters. The van der Waals surface area contributed by atoms with E-state index in [0.717, 1.165) is 22.1 Å². The summed E-state index contributed by atoms with van der Waals surface area (Å²) in [5.41, 5.74) is 1.68. The number of methoxy groups -OCH3 is 1. The highest BCUT2D eigenvalue weighted by Gasteiger charge is 2.15. The van der Waals surface area contributed by atoms with Crippen LogP contribution in [0.15, 0.2) is 60.7 Å². The number of hydrogen-bond donors (Lipinski definition) is 0. The molecule has 0 aliphatic heterocycles. The molecule has 0 radical (unpaired) electrons. The van der Waals surface area contributed by atoms with E-state index in [1.165, 1.54) is 0 Å². The van der Waals surface area contributed by atoms with Crippen LogP contribution in [0.5, 0.6) is 11.5 Å². The largest absolute Gasteiger partial charge is 0.497 e. The molecule has 0 unspecified atom stereocenters. The molecule has 0 heterocycles. The van der Waals surface area contributed by atoms with Gasteiger partial charge in [-0.2, -0.15) is 0 Å². The van der Waals surface area contributed by atoms with Crippen LogP contribution in [0.2, 0.25) is 0 Å². The van der Waals surface area contributed by atoms with Gasteiger partial charge in [-0.3, -0.25) is 4.79 Å². The smallest absolute Gasteiger partial charge is 0.254 e. The summed E-state index contributed by atoms with van der Waals surface area (Å²) in [4.78, 5) is 14.1. The lowest BCUT2D eigenvalue weighted by atomic mass is 10.0. The first-order valence-electron chi connectivity index (χ1n) is 8.09. The number of ether oxygens (including phenoxy) is 2. The molecule has 0 fully saturated rings. The van der Waals surface area contributed by atoms with Crippen LogP contribution in [0.3, 0.4) is 0 Å². The van der Waals surface area contributed by atoms with Crippen molar-refractivity contribution in [3.05, 3.63) is 71.8 Å². The second kappa shape index (κ2) is 7.26. The molecule has 0 spiro atoms. The lowest BCUT2D eigenvalue weighted by molar-refractivity contribution is 0.0829. The quantitative estimate of drug-likeness (QED) is 0.704. The number of hydrogen-bond acceptors (Lipinski definition) is 3. The Morgan fingerprint density at radius 1 is 0.960 bits per heavy atom. The Hall–Kier alpha value is -3.01. The maximum Gasteiger partial charge on any atom is 0.254 e. The zero-order chi connectivity index (χ0) is 17.8. The number of carbonyl (C=O) groups excluding carboxylic acids is 1. The first-order chi connectivity index (χ1) is 12.1. The van der Waals surface area contributed by atoms with E-state index in [4.69, 9.17) is 9.47 Å². The standard InChI is InChI=1S/C21H21NO3/c1-22(2)21(23)18-8-4-6-16-7-5-9-19(20(16)18)25-14-15-10-12-17(24-3)13-11-15/h4-13H,14H2,1-3H3. The van der Waals surface area contributed by atoms with Gasteiger partial charge in [0, 0.05) is 19.5 Å². The van der Waals surface area contributed by atoms with Gasteiger partial charge in [0.1, 0.15) is 18.1 Å². The highest BCUT2D eigenvalue weighted by atomic mass is 16.5. The van der Waals surface area contributed by atoms with E-state index in [9.17, 15) is 4.79 Å². The Balaban J connectivity index is 1.94. The number of nitrogens with zero attached hydrogens (tertiary/aromatic N) is 1. The molecule has 0 saturated heterocycles. The average Bonchev–Trinajstić information content (AvgIpc) is 2.65. The zero-order valence-corrected chi connectivity index (χ0v) is 14.7. The lowest BCUT2D eigenvalue weighted by Gasteiger charge is -2.15. The maximum atomic E-state index is 12.5. The molecule has 3 aromatic rings. The topological polar surface area (TPSA) is 38.8 Å². The number of rotatable bonds is 5. The fraction of sp³-hybridized carbons (Fsp3) is 0.190. The van der Waals surface area contributed by atoms with Gasteiger partial charge in [0.25, 0.3) is 5.91 Å². The fourth-order valence-corrected chi connectivity index (χ4v) is 2.73. The van der Waals surface area contributed by atoms with Crippen molar-refractivity contribution in [1.82, 2.24) is 4.90 Å². The van der Waals surface area contributed by atoms with Crippen LogP contribution in [0.1, 0.15) is 15.9 Å². The third kappa shape index (κ3) is 3.58. The van der Waals surface area contributed by atoms with Crippen LogP contribution in [0.4, 0.5) is 0 Å². The van der Waals surface area contributed by atoms with E-state index >= 15 is 0 Å². The van der Waals surface area contributed by atoms with Gasteiger partial charge in [0.2, 0.25) is 0 Å². The van der Waals surface area contributed by atoms with E-state index in [2.05, 4.69) is 0 Å². The minimum absolute atomic E-state index is 0.0360. The zero-order valence-electron chi connectivity index (χ0n) is 14.7. The van der Waals surface area contributed by atoms with E-state index in [1.807, 2.05) is 60.7 Å². The van der Waals surface area contributed by atoms with Gasteiger partial charge in [-0.15, -0.1) is 0 Å². The summed E-state index contributed by atoms with van der Waals surface area (Å²) in [6, 6.07) is 19.3. The number of carbonyl (C=O) groups is 1. The third-order valence-corrected chi connectivity index (χ3v) is 4.06. The van der Waals surface area contributed by atoms with Crippen molar-refractivity contribution in [2.24, 2.45) is 0 Å². The number of fused-ring (bicyclic) bond motifs is 1. The van der Waals surface area contributed by atoms with Gasteiger partial charge < -0.3 is 14.4 Å². The summed E-state index contributed by atoms with van der Waals surface area (Å²) < 4.78 is 11.2. The molecular formula is C21H21NO3. The van der Waals surface area contributed by atoms with Crippen LogP contribution in [0, 0.1) is 0 Å². The van der Waals surface area contributed by atoms with Crippen LogP contribution in [0.25, 0.3) is 10.8 Å². The predicted molar refractivity (Wildman–Crippen MR) is 99.3 cm³/mol. The Kier molecular flexibility index (Phi) is 4.89. The number of amides is 1. The molecule has 0 saturated carbocycles. The molecule has 25 heavy (non-hydrogen) atoms. The van der Waals surface area contributed by atoms with E-state index in [0.29, 0.717) is 17.9 Å². The van der Waals surface area contributed by atoms with Gasteiger partial charge in [-0.05, 0) is 35.2 Å². The summed E-state index contributed by atoms with van der Waals surface area (Å²) >= 11 is 0. The first-order valence-corrected chi connectivity index (χ1v) is 8.09. The van der Waals surface area contributed by atoms with Gasteiger partial charge in [-0.25, -0.2) is 0 Å².